The maximum Gasteiger partial charge on any atom is 0.283 e. The quantitative estimate of drug-likeness (QED) is 0.295. The molecule has 1 aliphatic rings. The molecule has 2 aromatic heterocycles. The van der Waals surface area contributed by atoms with E-state index in [0.717, 1.165) is 41.1 Å². The molecule has 2 aromatic carbocycles. The lowest BCUT2D eigenvalue weighted by Crippen LogP contribution is -2.37. The number of aliphatic hydroxyl groups is 1. The Morgan fingerprint density at radius 2 is 1.81 bits per heavy atom. The number of aromatic nitrogens is 6. The molecule has 1 saturated carbocycles. The Hall–Kier alpha value is -3.78. The van der Waals surface area contributed by atoms with Gasteiger partial charge in [-0.1, -0.05) is 36.1 Å². The van der Waals surface area contributed by atoms with Crippen LogP contribution >= 0.6 is 0 Å². The van der Waals surface area contributed by atoms with Crippen LogP contribution in [0.5, 0.6) is 5.75 Å². The molecule has 0 amide bonds. The Bertz CT molecular complexity index is 1370. The molecule has 9 nitrogen and oxygen atoms in total. The number of ether oxygens (including phenoxy) is 1. The van der Waals surface area contributed by atoms with Gasteiger partial charge < -0.3 is 19.2 Å². The van der Waals surface area contributed by atoms with Crippen molar-refractivity contribution >= 4 is 14.5 Å². The number of tetrazole rings is 1. The van der Waals surface area contributed by atoms with Gasteiger partial charge in [0.15, 0.2) is 5.82 Å². The fraction of sp³-hybridized carbons (Fsp3) is 0.308. The number of hydrogen-bond acceptors (Lipinski definition) is 7. The Labute approximate surface area is 211 Å². The highest BCUT2D eigenvalue weighted by Gasteiger charge is 2.35. The first kappa shape index (κ1) is 23.9. The van der Waals surface area contributed by atoms with Crippen molar-refractivity contribution in [3.05, 3.63) is 72.3 Å². The van der Waals surface area contributed by atoms with Gasteiger partial charge in [-0.3, -0.25) is 0 Å². The highest BCUT2D eigenvalue weighted by atomic mass is 28.3. The van der Waals surface area contributed by atoms with Crippen LogP contribution in [0.1, 0.15) is 36.2 Å². The van der Waals surface area contributed by atoms with Crippen LogP contribution in [0.3, 0.4) is 0 Å². The molecular formula is C26H27N6O3Si. The molecule has 5 rings (SSSR count). The zero-order chi connectivity index (χ0) is 25.1. The predicted octanol–water partition coefficient (Wildman–Crippen LogP) is 1.80. The van der Waals surface area contributed by atoms with Crippen LogP contribution in [0, 0.1) is 11.8 Å². The Morgan fingerprint density at radius 1 is 1.11 bits per heavy atom. The third-order valence-corrected chi connectivity index (χ3v) is 7.41. The zero-order valence-electron chi connectivity index (χ0n) is 20.1. The van der Waals surface area contributed by atoms with Gasteiger partial charge in [-0.2, -0.15) is 0 Å². The van der Waals surface area contributed by atoms with Crippen molar-refractivity contribution in [3.63, 3.8) is 0 Å². The number of nitrogens with zero attached hydrogens (tertiary/aromatic N) is 6. The van der Waals surface area contributed by atoms with Gasteiger partial charge in [0.05, 0.1) is 6.61 Å². The first-order chi connectivity index (χ1) is 17.5. The number of benzene rings is 2. The van der Waals surface area contributed by atoms with Crippen molar-refractivity contribution < 1.29 is 14.6 Å². The summed E-state index contributed by atoms with van der Waals surface area (Å²) in [6, 6.07) is 15.6. The zero-order valence-corrected chi connectivity index (χ0v) is 21.1. The molecule has 2 heterocycles. The maximum absolute atomic E-state index is 9.97. The van der Waals surface area contributed by atoms with E-state index in [1.165, 1.54) is 0 Å². The van der Waals surface area contributed by atoms with Gasteiger partial charge >= 0.3 is 0 Å². The maximum atomic E-state index is 9.97. The van der Waals surface area contributed by atoms with E-state index in [-0.39, 0.29) is 12.7 Å². The summed E-state index contributed by atoms with van der Waals surface area (Å²) in [4.78, 5) is 14.2. The van der Waals surface area contributed by atoms with E-state index in [2.05, 4.69) is 44.5 Å². The molecule has 0 spiro atoms. The van der Waals surface area contributed by atoms with Crippen LogP contribution in [-0.2, 0) is 7.05 Å². The molecule has 1 aliphatic carbocycles. The molecular weight excluding hydrogens is 472 g/mol. The van der Waals surface area contributed by atoms with E-state index >= 15 is 0 Å². The number of imidazole rings is 1. The molecule has 0 unspecified atom stereocenters. The normalized spacial score (nSPS) is 17.8. The van der Waals surface area contributed by atoms with E-state index in [1.54, 1.807) is 28.2 Å². The minimum Gasteiger partial charge on any atom is -0.490 e. The third-order valence-electron chi connectivity index (χ3n) is 6.37. The van der Waals surface area contributed by atoms with Crippen LogP contribution in [-0.4, -0.2) is 61.4 Å². The molecule has 0 aliphatic heterocycles. The lowest BCUT2D eigenvalue weighted by molar-refractivity contribution is 0.0938. The molecule has 1 fully saturated rings. The van der Waals surface area contributed by atoms with E-state index < -0.39 is 15.1 Å². The fourth-order valence-electron chi connectivity index (χ4n) is 4.33. The molecule has 36 heavy (non-hydrogen) atoms. The van der Waals surface area contributed by atoms with Gasteiger partial charge in [-0.15, -0.1) is 5.10 Å². The molecule has 1 radical (unpaired) electrons. The molecule has 0 bridgehead atoms. The van der Waals surface area contributed by atoms with Crippen LogP contribution in [0.15, 0.2) is 60.9 Å². The van der Waals surface area contributed by atoms with Crippen molar-refractivity contribution in [1.82, 2.24) is 29.8 Å². The van der Waals surface area contributed by atoms with Crippen molar-refractivity contribution in [1.29, 1.82) is 0 Å². The molecule has 10 heteroatoms. The Morgan fingerprint density at radius 3 is 2.42 bits per heavy atom. The van der Waals surface area contributed by atoms with Gasteiger partial charge in [-0.25, -0.2) is 9.67 Å². The lowest BCUT2D eigenvalue weighted by Gasteiger charge is -2.34. The first-order valence-electron chi connectivity index (χ1n) is 11.8. The summed E-state index contributed by atoms with van der Waals surface area (Å²) in [6.07, 6.45) is 5.37. The second kappa shape index (κ2) is 10.5. The molecule has 1 atom stereocenters. The number of hydrogen-bond donors (Lipinski definition) is 2. The average Bonchev–Trinajstić information content (AvgIpc) is 3.52. The van der Waals surface area contributed by atoms with Crippen LogP contribution in [0.4, 0.5) is 0 Å². The predicted molar refractivity (Wildman–Crippen MR) is 136 cm³/mol. The largest absolute Gasteiger partial charge is 0.490 e. The topological polar surface area (TPSA) is 111 Å². The number of aryl methyl sites for hydroxylation is 1. The number of aliphatic hydroxyl groups excluding tert-OH is 1. The first-order valence-corrected chi connectivity index (χ1v) is 13.7. The van der Waals surface area contributed by atoms with Crippen LogP contribution in [0.25, 0.3) is 11.1 Å². The van der Waals surface area contributed by atoms with Gasteiger partial charge in [0.25, 0.3) is 9.04 Å². The SMILES string of the molecule is Cn1nnnc1C1CC(Oc2ccc(-c3ccc(C#C[C@@H](CO)n4ccnc4[Si](C)O)cc3)cc2)C1. The summed E-state index contributed by atoms with van der Waals surface area (Å²) in [7, 11) is 0.128. The summed E-state index contributed by atoms with van der Waals surface area (Å²) in [5, 5.41) is 21.5. The second-order valence-electron chi connectivity index (χ2n) is 8.88. The van der Waals surface area contributed by atoms with Gasteiger partial charge in [-0.05, 0) is 65.2 Å². The van der Waals surface area contributed by atoms with E-state index in [1.807, 2.05) is 43.4 Å². The minimum atomic E-state index is -1.74. The Balaban J connectivity index is 1.19. The van der Waals surface area contributed by atoms with Crippen molar-refractivity contribution in [2.45, 2.75) is 37.5 Å². The number of rotatable bonds is 7. The van der Waals surface area contributed by atoms with Crippen molar-refractivity contribution in [2.75, 3.05) is 6.61 Å². The lowest BCUT2D eigenvalue weighted by atomic mass is 9.81. The summed E-state index contributed by atoms with van der Waals surface area (Å²) in [5.74, 6) is 8.34. The van der Waals surface area contributed by atoms with Gasteiger partial charge in [0.1, 0.15) is 23.3 Å². The summed E-state index contributed by atoms with van der Waals surface area (Å²) in [5.41, 5.74) is 3.61. The second-order valence-corrected chi connectivity index (χ2v) is 10.5. The average molecular weight is 500 g/mol. The Kier molecular flexibility index (Phi) is 6.95. The minimum absolute atomic E-state index is 0.156. The summed E-state index contributed by atoms with van der Waals surface area (Å²) in [6.45, 7) is 1.59. The van der Waals surface area contributed by atoms with E-state index in [0.29, 0.717) is 11.4 Å². The third kappa shape index (κ3) is 5.09. The van der Waals surface area contributed by atoms with Crippen molar-refractivity contribution in [2.24, 2.45) is 7.05 Å². The monoisotopic (exact) mass is 499 g/mol. The molecule has 0 saturated heterocycles. The van der Waals surface area contributed by atoms with Crippen molar-refractivity contribution in [3.8, 4) is 28.7 Å². The van der Waals surface area contributed by atoms with E-state index in [4.69, 9.17) is 4.74 Å². The van der Waals surface area contributed by atoms with Crippen LogP contribution < -0.4 is 10.2 Å². The highest BCUT2D eigenvalue weighted by molar-refractivity contribution is 6.63. The fourth-order valence-corrected chi connectivity index (χ4v) is 5.20. The smallest absolute Gasteiger partial charge is 0.283 e. The standard InChI is InChI=1S/C26H27N6O3Si/c1-31-25(28-29-30-31)21-15-24(16-21)35-23-11-8-20(9-12-23)19-6-3-18(4-7-19)5-10-22(17-33)32-14-13-27-26(32)36(2)34/h3-4,6-9,11-14,21-22,24,33-34H,15-17H2,1-2H3/t21?,22-,24?/m0/s1. The summed E-state index contributed by atoms with van der Waals surface area (Å²) < 4.78 is 9.58. The molecule has 2 N–H and O–H groups in total. The summed E-state index contributed by atoms with van der Waals surface area (Å²) >= 11 is 0. The van der Waals surface area contributed by atoms with E-state index in [9.17, 15) is 9.90 Å². The molecule has 183 valence electrons. The molecule has 4 aromatic rings. The van der Waals surface area contributed by atoms with Gasteiger partial charge in [0, 0.05) is 30.9 Å². The van der Waals surface area contributed by atoms with Crippen LogP contribution in [0.2, 0.25) is 6.55 Å². The van der Waals surface area contributed by atoms with Gasteiger partial charge in [0.2, 0.25) is 0 Å². The highest BCUT2D eigenvalue weighted by Crippen LogP contribution is 2.38.